The Morgan fingerprint density at radius 3 is 2.04 bits per heavy atom. The summed E-state index contributed by atoms with van der Waals surface area (Å²) < 4.78 is 23.4. The monoisotopic (exact) mass is 395 g/mol. The highest BCUT2D eigenvalue weighted by Gasteiger charge is 2.54. The second-order valence-corrected chi connectivity index (χ2v) is 7.60. The Labute approximate surface area is 162 Å². The number of phenolic OH excluding ortho intramolecular Hbond substituents is 2. The molecule has 0 radical (unpaired) electrons. The third kappa shape index (κ3) is 2.16. The van der Waals surface area contributed by atoms with Gasteiger partial charge >= 0.3 is 5.97 Å². The van der Waals surface area contributed by atoms with Crippen molar-refractivity contribution in [1.29, 1.82) is 0 Å². The van der Waals surface area contributed by atoms with E-state index in [1.807, 2.05) is 0 Å². The molecule has 0 saturated carbocycles. The zero-order valence-corrected chi connectivity index (χ0v) is 15.0. The topological polar surface area (TPSA) is 125 Å². The molecule has 0 aliphatic carbocycles. The molecule has 3 aromatic carbocycles. The van der Waals surface area contributed by atoms with Crippen molar-refractivity contribution in [2.75, 3.05) is 0 Å². The van der Waals surface area contributed by atoms with Gasteiger partial charge in [-0.1, -0.05) is 0 Å². The fourth-order valence-corrected chi connectivity index (χ4v) is 4.25. The van der Waals surface area contributed by atoms with Crippen molar-refractivity contribution < 1.29 is 29.0 Å². The van der Waals surface area contributed by atoms with Gasteiger partial charge in [0.1, 0.15) is 23.0 Å². The number of benzene rings is 3. The number of fused-ring (bicyclic) bond motifs is 6. The molecule has 1 atom stereocenters. The molecular weight excluding hydrogens is 382 g/mol. The van der Waals surface area contributed by atoms with E-state index in [4.69, 9.17) is 14.6 Å². The van der Waals surface area contributed by atoms with Crippen LogP contribution in [-0.4, -0.2) is 20.7 Å². The van der Waals surface area contributed by atoms with Crippen LogP contribution in [0, 0.1) is 0 Å². The van der Waals surface area contributed by atoms with Crippen LogP contribution in [0.1, 0.15) is 27.0 Å². The van der Waals surface area contributed by atoms with E-state index in [0.29, 0.717) is 33.1 Å². The second-order valence-electron chi connectivity index (χ2n) is 6.54. The van der Waals surface area contributed by atoms with Crippen LogP contribution in [0.5, 0.6) is 23.0 Å². The molecule has 28 heavy (non-hydrogen) atoms. The molecule has 0 aromatic heterocycles. The lowest BCUT2D eigenvalue weighted by Gasteiger charge is -2.36. The molecule has 2 aliphatic heterocycles. The maximum Gasteiger partial charge on any atom is 0.340 e. The molecule has 0 amide bonds. The number of phenols is 2. The van der Waals surface area contributed by atoms with E-state index in [1.165, 1.54) is 30.3 Å². The molecule has 5 rings (SSSR count). The maximum absolute atomic E-state index is 12.8. The van der Waals surface area contributed by atoms with E-state index >= 15 is 0 Å². The lowest BCUT2D eigenvalue weighted by atomic mass is 9.77. The Morgan fingerprint density at radius 1 is 0.893 bits per heavy atom. The van der Waals surface area contributed by atoms with Crippen LogP contribution in [0.2, 0.25) is 0 Å². The molecule has 140 valence electrons. The van der Waals surface area contributed by atoms with Crippen molar-refractivity contribution in [2.45, 2.75) is 10.5 Å². The summed E-state index contributed by atoms with van der Waals surface area (Å²) in [5.74, 6) is -0.0374. The zero-order chi connectivity index (χ0) is 19.6. The number of rotatable bonds is 1. The fourth-order valence-electron chi connectivity index (χ4n) is 3.81. The average molecular weight is 395 g/mol. The number of carbonyl (C=O) groups is 1. The van der Waals surface area contributed by atoms with Crippen LogP contribution < -0.4 is 9.88 Å². The number of esters is 1. The molecular formula is C20H13NO6S. The number of carbonyl (C=O) groups excluding carboxylic acids is 1. The largest absolute Gasteiger partial charge is 0.593 e. The first-order chi connectivity index (χ1) is 13.4. The van der Waals surface area contributed by atoms with E-state index in [-0.39, 0.29) is 17.1 Å². The number of hydrogen-bond acceptors (Lipinski definition) is 7. The van der Waals surface area contributed by atoms with Crippen LogP contribution in [0.4, 0.5) is 0 Å². The first-order valence-corrected chi connectivity index (χ1v) is 9.50. The van der Waals surface area contributed by atoms with Gasteiger partial charge in [0.05, 0.1) is 16.9 Å². The summed E-state index contributed by atoms with van der Waals surface area (Å²) in [5, 5.41) is 25.2. The normalized spacial score (nSPS) is 16.6. The molecule has 1 spiro atoms. The van der Waals surface area contributed by atoms with E-state index < -0.39 is 22.9 Å². The predicted molar refractivity (Wildman–Crippen MR) is 98.6 cm³/mol. The van der Waals surface area contributed by atoms with E-state index in [9.17, 15) is 19.6 Å². The van der Waals surface area contributed by atoms with Crippen LogP contribution in [0.3, 0.4) is 0 Å². The highest BCUT2D eigenvalue weighted by molar-refractivity contribution is 7.89. The van der Waals surface area contributed by atoms with Gasteiger partial charge < -0.3 is 24.2 Å². The minimum Gasteiger partial charge on any atom is -0.593 e. The summed E-state index contributed by atoms with van der Waals surface area (Å²) >= 11 is -1.75. The van der Waals surface area contributed by atoms with Gasteiger partial charge in [0.2, 0.25) is 0 Å². The SMILES string of the molecule is N[S+]([O-])c1ccc2c(c1)C(=O)OC21c2ccc(O)cc2Oc2cc(O)ccc21. The predicted octanol–water partition coefficient (Wildman–Crippen LogP) is 2.65. The van der Waals surface area contributed by atoms with Crippen molar-refractivity contribution in [2.24, 2.45) is 5.14 Å². The summed E-state index contributed by atoms with van der Waals surface area (Å²) in [7, 11) is 0. The molecule has 7 nitrogen and oxygen atoms in total. The highest BCUT2D eigenvalue weighted by Crippen LogP contribution is 2.57. The molecule has 8 heteroatoms. The molecule has 4 N–H and O–H groups in total. The number of aromatic hydroxyl groups is 2. The molecule has 2 heterocycles. The van der Waals surface area contributed by atoms with Crippen LogP contribution in [0.25, 0.3) is 0 Å². The molecule has 0 fully saturated rings. The van der Waals surface area contributed by atoms with Gasteiger partial charge in [0.25, 0.3) is 0 Å². The summed E-state index contributed by atoms with van der Waals surface area (Å²) in [5.41, 5.74) is 0.505. The number of ether oxygens (including phenoxy) is 2. The standard InChI is InChI=1S/C20H13NO6S/c21-28(25)12-3-6-14-13(9-12)19(24)27-20(14)15-4-1-10(22)7-17(15)26-18-8-11(23)2-5-16(18)20/h1-9,22-23H,21H2. The van der Waals surface area contributed by atoms with Crippen molar-refractivity contribution in [3.05, 3.63) is 76.9 Å². The van der Waals surface area contributed by atoms with Crippen molar-refractivity contribution in [3.63, 3.8) is 0 Å². The van der Waals surface area contributed by atoms with Gasteiger partial charge in [0.15, 0.2) is 10.5 Å². The second kappa shape index (κ2) is 5.65. The first kappa shape index (κ1) is 16.9. The summed E-state index contributed by atoms with van der Waals surface area (Å²) in [6.45, 7) is 0. The van der Waals surface area contributed by atoms with Gasteiger partial charge in [-0.2, -0.15) is 0 Å². The molecule has 0 saturated heterocycles. The molecule has 3 aromatic rings. The molecule has 0 bridgehead atoms. The van der Waals surface area contributed by atoms with Crippen LogP contribution in [-0.2, 0) is 21.7 Å². The van der Waals surface area contributed by atoms with E-state index in [2.05, 4.69) is 0 Å². The Morgan fingerprint density at radius 2 is 1.46 bits per heavy atom. The molecule has 1 unspecified atom stereocenters. The van der Waals surface area contributed by atoms with Gasteiger partial charge in [0, 0.05) is 34.9 Å². The highest BCUT2D eigenvalue weighted by atomic mass is 32.2. The van der Waals surface area contributed by atoms with Crippen molar-refractivity contribution in [1.82, 2.24) is 0 Å². The lowest BCUT2D eigenvalue weighted by Crippen LogP contribution is -2.32. The van der Waals surface area contributed by atoms with Gasteiger partial charge in [-0.3, -0.25) is 0 Å². The molecule has 2 aliphatic rings. The maximum atomic E-state index is 12.8. The Hall–Kier alpha value is -3.20. The Kier molecular flexibility index (Phi) is 3.42. The van der Waals surface area contributed by atoms with E-state index in [1.54, 1.807) is 24.3 Å². The van der Waals surface area contributed by atoms with Crippen LogP contribution >= 0.6 is 0 Å². The summed E-state index contributed by atoms with van der Waals surface area (Å²) in [6, 6.07) is 13.7. The first-order valence-electron chi connectivity index (χ1n) is 8.29. The average Bonchev–Trinajstić information content (AvgIpc) is 2.94. The third-order valence-electron chi connectivity index (χ3n) is 4.98. The lowest BCUT2D eigenvalue weighted by molar-refractivity contribution is 0.0224. The summed E-state index contributed by atoms with van der Waals surface area (Å²) in [4.78, 5) is 13.1. The quantitative estimate of drug-likeness (QED) is 0.427. The smallest absolute Gasteiger partial charge is 0.340 e. The minimum absolute atomic E-state index is 0.0177. The fraction of sp³-hybridized carbons (Fsp3) is 0.0500. The van der Waals surface area contributed by atoms with E-state index in [0.717, 1.165) is 0 Å². The third-order valence-corrected chi connectivity index (χ3v) is 5.70. The summed E-state index contributed by atoms with van der Waals surface area (Å²) in [6.07, 6.45) is 0. The minimum atomic E-state index is -1.75. The van der Waals surface area contributed by atoms with Gasteiger partial charge in [-0.25, -0.2) is 4.79 Å². The zero-order valence-electron chi connectivity index (χ0n) is 14.2. The van der Waals surface area contributed by atoms with Crippen molar-refractivity contribution in [3.8, 4) is 23.0 Å². The number of hydrogen-bond donors (Lipinski definition) is 3. The van der Waals surface area contributed by atoms with Gasteiger partial charge in [-0.05, 0) is 36.4 Å². The Bertz CT molecular complexity index is 1110. The Balaban J connectivity index is 1.85. The number of nitrogens with two attached hydrogens (primary N) is 1. The van der Waals surface area contributed by atoms with Crippen molar-refractivity contribution >= 4 is 17.3 Å². The van der Waals surface area contributed by atoms with Gasteiger partial charge in [-0.15, -0.1) is 5.14 Å². The van der Waals surface area contributed by atoms with Crippen LogP contribution in [0.15, 0.2) is 59.5 Å².